The Labute approximate surface area is 88.9 Å². The van der Waals surface area contributed by atoms with E-state index in [1.807, 2.05) is 0 Å². The molecule has 0 bridgehead atoms. The highest BCUT2D eigenvalue weighted by Crippen LogP contribution is 2.24. The molecule has 1 nitrogen and oxygen atoms in total. The van der Waals surface area contributed by atoms with E-state index in [9.17, 15) is 0 Å². The van der Waals surface area contributed by atoms with Gasteiger partial charge in [0.1, 0.15) is 0 Å². The predicted molar refractivity (Wildman–Crippen MR) is 62.4 cm³/mol. The van der Waals surface area contributed by atoms with Crippen molar-refractivity contribution in [1.82, 2.24) is 0 Å². The highest BCUT2D eigenvalue weighted by molar-refractivity contribution is 9.10. The largest absolute Gasteiger partial charge is 0.372 e. The number of aryl methyl sites for hydroxylation is 1. The molecule has 0 fully saturated rings. The van der Waals surface area contributed by atoms with Crippen molar-refractivity contribution in [1.29, 1.82) is 0 Å². The Morgan fingerprint density at radius 2 is 1.92 bits per heavy atom. The van der Waals surface area contributed by atoms with Crippen LogP contribution in [0.4, 0.5) is 5.69 Å². The summed E-state index contributed by atoms with van der Waals surface area (Å²) in [7, 11) is 2.12. The maximum atomic E-state index is 3.49. The Kier molecular flexibility index (Phi) is 3.37. The van der Waals surface area contributed by atoms with E-state index in [0.29, 0.717) is 6.04 Å². The van der Waals surface area contributed by atoms with Crippen LogP contribution in [0.5, 0.6) is 0 Å². The van der Waals surface area contributed by atoms with Crippen LogP contribution in [0.3, 0.4) is 0 Å². The zero-order chi connectivity index (χ0) is 10.0. The lowest BCUT2D eigenvalue weighted by molar-refractivity contribution is 0.752. The molecule has 0 aromatic heterocycles. The third-order valence-corrected chi connectivity index (χ3v) is 2.82. The fourth-order valence-corrected chi connectivity index (χ4v) is 1.59. The zero-order valence-corrected chi connectivity index (χ0v) is 10.2. The normalized spacial score (nSPS) is 10.6. The van der Waals surface area contributed by atoms with Gasteiger partial charge in [-0.1, -0.05) is 22.0 Å². The van der Waals surface area contributed by atoms with Crippen LogP contribution in [-0.4, -0.2) is 13.1 Å². The fourth-order valence-electron chi connectivity index (χ4n) is 1.24. The first-order chi connectivity index (χ1) is 6.02. The summed E-state index contributed by atoms with van der Waals surface area (Å²) < 4.78 is 1.14. The number of benzene rings is 1. The van der Waals surface area contributed by atoms with Gasteiger partial charge in [0.15, 0.2) is 0 Å². The lowest BCUT2D eigenvalue weighted by Gasteiger charge is -2.25. The molecule has 0 saturated carbocycles. The Bertz CT molecular complexity index is 294. The second-order valence-corrected chi connectivity index (χ2v) is 4.55. The number of anilines is 1. The van der Waals surface area contributed by atoms with Gasteiger partial charge in [0.2, 0.25) is 0 Å². The van der Waals surface area contributed by atoms with Crippen molar-refractivity contribution in [3.8, 4) is 0 Å². The van der Waals surface area contributed by atoms with Gasteiger partial charge < -0.3 is 4.90 Å². The maximum absolute atomic E-state index is 3.49. The summed E-state index contributed by atoms with van der Waals surface area (Å²) in [6.45, 7) is 6.53. The highest BCUT2D eigenvalue weighted by atomic mass is 79.9. The van der Waals surface area contributed by atoms with E-state index < -0.39 is 0 Å². The van der Waals surface area contributed by atoms with Gasteiger partial charge in [0, 0.05) is 23.2 Å². The Morgan fingerprint density at radius 1 is 1.31 bits per heavy atom. The standard InChI is InChI=1S/C11H16BrN/c1-8(2)13(4)11-7-10(12)6-5-9(11)3/h5-8H,1-4H3. The first-order valence-electron chi connectivity index (χ1n) is 4.51. The summed E-state index contributed by atoms with van der Waals surface area (Å²) in [6, 6.07) is 6.91. The van der Waals surface area contributed by atoms with Crippen LogP contribution in [-0.2, 0) is 0 Å². The molecule has 0 aliphatic rings. The minimum atomic E-state index is 0.535. The van der Waals surface area contributed by atoms with Crippen molar-refractivity contribution >= 4 is 21.6 Å². The minimum absolute atomic E-state index is 0.535. The van der Waals surface area contributed by atoms with Crippen molar-refractivity contribution in [2.24, 2.45) is 0 Å². The van der Waals surface area contributed by atoms with Crippen molar-refractivity contribution in [3.05, 3.63) is 28.2 Å². The number of hydrogen-bond donors (Lipinski definition) is 0. The van der Waals surface area contributed by atoms with Gasteiger partial charge in [0.05, 0.1) is 0 Å². The molecular weight excluding hydrogens is 226 g/mol. The Hall–Kier alpha value is -0.500. The van der Waals surface area contributed by atoms with Crippen molar-refractivity contribution < 1.29 is 0 Å². The van der Waals surface area contributed by atoms with E-state index in [2.05, 4.69) is 66.8 Å². The van der Waals surface area contributed by atoms with E-state index in [0.717, 1.165) is 4.47 Å². The maximum Gasteiger partial charge on any atom is 0.0406 e. The number of hydrogen-bond acceptors (Lipinski definition) is 1. The monoisotopic (exact) mass is 241 g/mol. The fraction of sp³-hybridized carbons (Fsp3) is 0.455. The molecule has 0 spiro atoms. The topological polar surface area (TPSA) is 3.24 Å². The second kappa shape index (κ2) is 4.14. The predicted octanol–water partition coefficient (Wildman–Crippen LogP) is 3.60. The first kappa shape index (κ1) is 10.6. The van der Waals surface area contributed by atoms with E-state index in [-0.39, 0.29) is 0 Å². The Balaban J connectivity index is 3.05. The van der Waals surface area contributed by atoms with Gasteiger partial charge >= 0.3 is 0 Å². The molecule has 13 heavy (non-hydrogen) atoms. The van der Waals surface area contributed by atoms with Crippen LogP contribution in [0.1, 0.15) is 19.4 Å². The van der Waals surface area contributed by atoms with Gasteiger partial charge in [-0.05, 0) is 38.5 Å². The third kappa shape index (κ3) is 2.47. The van der Waals surface area contributed by atoms with Gasteiger partial charge in [-0.25, -0.2) is 0 Å². The number of rotatable bonds is 2. The molecule has 0 unspecified atom stereocenters. The molecular formula is C11H16BrN. The molecule has 2 heteroatoms. The van der Waals surface area contributed by atoms with Gasteiger partial charge in [0.25, 0.3) is 0 Å². The molecule has 0 saturated heterocycles. The quantitative estimate of drug-likeness (QED) is 0.765. The zero-order valence-electron chi connectivity index (χ0n) is 8.63. The average molecular weight is 242 g/mol. The van der Waals surface area contributed by atoms with Crippen molar-refractivity contribution in [3.63, 3.8) is 0 Å². The second-order valence-electron chi connectivity index (χ2n) is 3.64. The molecule has 0 aliphatic heterocycles. The van der Waals surface area contributed by atoms with Gasteiger partial charge in [-0.15, -0.1) is 0 Å². The van der Waals surface area contributed by atoms with Crippen LogP contribution in [0, 0.1) is 6.92 Å². The molecule has 0 atom stereocenters. The van der Waals surface area contributed by atoms with Crippen molar-refractivity contribution in [2.75, 3.05) is 11.9 Å². The molecule has 1 rings (SSSR count). The number of halogens is 1. The Morgan fingerprint density at radius 3 is 2.46 bits per heavy atom. The van der Waals surface area contributed by atoms with Crippen LogP contribution in [0.15, 0.2) is 22.7 Å². The summed E-state index contributed by atoms with van der Waals surface area (Å²) in [5, 5.41) is 0. The smallest absolute Gasteiger partial charge is 0.0406 e. The first-order valence-corrected chi connectivity index (χ1v) is 5.30. The molecule has 0 aliphatic carbocycles. The summed E-state index contributed by atoms with van der Waals surface area (Å²) in [4.78, 5) is 2.28. The summed E-state index contributed by atoms with van der Waals surface area (Å²) in [5.74, 6) is 0. The number of nitrogens with zero attached hydrogens (tertiary/aromatic N) is 1. The lowest BCUT2D eigenvalue weighted by atomic mass is 10.1. The van der Waals surface area contributed by atoms with Crippen LogP contribution < -0.4 is 4.90 Å². The minimum Gasteiger partial charge on any atom is -0.372 e. The van der Waals surface area contributed by atoms with Gasteiger partial charge in [-0.2, -0.15) is 0 Å². The molecule has 0 heterocycles. The lowest BCUT2D eigenvalue weighted by Crippen LogP contribution is -2.26. The van der Waals surface area contributed by atoms with Crippen LogP contribution in [0.25, 0.3) is 0 Å². The van der Waals surface area contributed by atoms with Gasteiger partial charge in [-0.3, -0.25) is 0 Å². The highest BCUT2D eigenvalue weighted by Gasteiger charge is 2.07. The van der Waals surface area contributed by atoms with E-state index in [1.165, 1.54) is 11.3 Å². The molecule has 0 N–H and O–H groups in total. The molecule has 72 valence electrons. The molecule has 0 radical (unpaired) electrons. The van der Waals surface area contributed by atoms with Crippen LogP contribution >= 0.6 is 15.9 Å². The van der Waals surface area contributed by atoms with E-state index >= 15 is 0 Å². The van der Waals surface area contributed by atoms with Crippen LogP contribution in [0.2, 0.25) is 0 Å². The molecule has 1 aromatic rings. The molecule has 1 aromatic carbocycles. The molecule has 0 amide bonds. The summed E-state index contributed by atoms with van der Waals surface area (Å²) in [6.07, 6.45) is 0. The summed E-state index contributed by atoms with van der Waals surface area (Å²) >= 11 is 3.49. The van der Waals surface area contributed by atoms with Crippen molar-refractivity contribution in [2.45, 2.75) is 26.8 Å². The average Bonchev–Trinajstić information content (AvgIpc) is 2.08. The van der Waals surface area contributed by atoms with E-state index in [1.54, 1.807) is 0 Å². The van der Waals surface area contributed by atoms with E-state index in [4.69, 9.17) is 0 Å². The summed E-state index contributed by atoms with van der Waals surface area (Å²) in [5.41, 5.74) is 2.61. The SMILES string of the molecule is Cc1ccc(Br)cc1N(C)C(C)C. The third-order valence-electron chi connectivity index (χ3n) is 2.33.